The van der Waals surface area contributed by atoms with Crippen LogP contribution in [0.2, 0.25) is 0 Å². The minimum atomic E-state index is 0.0761. The SMILES string of the molecule is COc1c2cc(C(C)(C)C)cc1CCc1cc(C(C)(C)C)cc(c1O)CC2. The molecule has 1 N–H and O–H groups in total. The molecule has 27 heavy (non-hydrogen) atoms. The molecule has 2 heteroatoms. The summed E-state index contributed by atoms with van der Waals surface area (Å²) in [4.78, 5) is 0. The highest BCUT2D eigenvalue weighted by Gasteiger charge is 2.23. The van der Waals surface area contributed by atoms with Gasteiger partial charge >= 0.3 is 0 Å². The Hall–Kier alpha value is -1.96. The van der Waals surface area contributed by atoms with Gasteiger partial charge in [0.25, 0.3) is 0 Å². The Morgan fingerprint density at radius 1 is 0.667 bits per heavy atom. The molecular weight excluding hydrogens is 332 g/mol. The van der Waals surface area contributed by atoms with Gasteiger partial charge in [-0.05, 0) is 69.9 Å². The van der Waals surface area contributed by atoms with E-state index < -0.39 is 0 Å². The highest BCUT2D eigenvalue weighted by atomic mass is 16.5. The van der Waals surface area contributed by atoms with Crippen LogP contribution in [0.1, 0.15) is 74.9 Å². The van der Waals surface area contributed by atoms with Crippen LogP contribution in [0.15, 0.2) is 24.3 Å². The number of methoxy groups -OCH3 is 1. The summed E-state index contributed by atoms with van der Waals surface area (Å²) in [6.45, 7) is 13.5. The van der Waals surface area contributed by atoms with Crippen molar-refractivity contribution in [2.75, 3.05) is 7.11 Å². The summed E-state index contributed by atoms with van der Waals surface area (Å²) in [5.41, 5.74) is 7.47. The largest absolute Gasteiger partial charge is 0.507 e. The van der Waals surface area contributed by atoms with Crippen molar-refractivity contribution < 1.29 is 9.84 Å². The van der Waals surface area contributed by atoms with Gasteiger partial charge in [-0.3, -0.25) is 0 Å². The standard InChI is InChI=1S/C25H34O2/c1-24(2,3)20-12-16-8-10-18-14-21(25(4,5)6)15-19(23(18)27-7)11-9-17(13-20)22(16)26/h12-15,26H,8-11H2,1-7H3. The Morgan fingerprint density at radius 2 is 1.00 bits per heavy atom. The molecule has 0 atom stereocenters. The zero-order valence-corrected chi connectivity index (χ0v) is 18.0. The summed E-state index contributed by atoms with van der Waals surface area (Å²) in [6, 6.07) is 8.99. The third-order valence-corrected chi connectivity index (χ3v) is 5.77. The van der Waals surface area contributed by atoms with Crippen LogP contribution in [0.4, 0.5) is 0 Å². The Labute approximate surface area is 164 Å². The van der Waals surface area contributed by atoms with Gasteiger partial charge in [-0.25, -0.2) is 0 Å². The van der Waals surface area contributed by atoms with Gasteiger partial charge in [0.15, 0.2) is 0 Å². The first kappa shape index (κ1) is 19.8. The van der Waals surface area contributed by atoms with E-state index in [9.17, 15) is 5.11 Å². The molecule has 2 aromatic carbocycles. The number of benzene rings is 2. The molecule has 0 amide bonds. The molecule has 0 unspecified atom stereocenters. The first-order valence-corrected chi connectivity index (χ1v) is 10.1. The Morgan fingerprint density at radius 3 is 1.33 bits per heavy atom. The van der Waals surface area contributed by atoms with E-state index in [1.54, 1.807) is 7.11 Å². The van der Waals surface area contributed by atoms with Gasteiger partial charge in [-0.15, -0.1) is 0 Å². The second kappa shape index (κ2) is 6.89. The second-order valence-electron chi connectivity index (χ2n) is 9.97. The Bertz CT molecular complexity index is 798. The Balaban J connectivity index is 2.13. The fourth-order valence-corrected chi connectivity index (χ4v) is 3.93. The molecule has 2 aromatic rings. The van der Waals surface area contributed by atoms with E-state index in [0.717, 1.165) is 42.6 Å². The molecule has 0 saturated carbocycles. The van der Waals surface area contributed by atoms with Gasteiger partial charge in [0.2, 0.25) is 0 Å². The average molecular weight is 367 g/mol. The number of ether oxygens (including phenoxy) is 1. The van der Waals surface area contributed by atoms with Gasteiger partial charge in [0.1, 0.15) is 11.5 Å². The van der Waals surface area contributed by atoms with Crippen LogP contribution in [-0.2, 0) is 36.5 Å². The van der Waals surface area contributed by atoms with Crippen molar-refractivity contribution in [2.24, 2.45) is 0 Å². The molecule has 0 heterocycles. The third kappa shape index (κ3) is 4.00. The fraction of sp³-hybridized carbons (Fsp3) is 0.520. The predicted octanol–water partition coefficient (Wildman–Crippen LogP) is 5.88. The molecular formula is C25H34O2. The van der Waals surface area contributed by atoms with Gasteiger partial charge in [-0.1, -0.05) is 65.8 Å². The van der Waals surface area contributed by atoms with Crippen molar-refractivity contribution in [3.05, 3.63) is 57.6 Å². The number of hydrogen-bond acceptors (Lipinski definition) is 2. The summed E-state index contributed by atoms with van der Waals surface area (Å²) in [6.07, 6.45) is 3.40. The maximum Gasteiger partial charge on any atom is 0.125 e. The van der Waals surface area contributed by atoms with Gasteiger partial charge in [-0.2, -0.15) is 0 Å². The number of aryl methyl sites for hydroxylation is 4. The molecule has 2 nitrogen and oxygen atoms in total. The van der Waals surface area contributed by atoms with E-state index in [1.165, 1.54) is 22.3 Å². The topological polar surface area (TPSA) is 29.5 Å². The molecule has 1 aliphatic carbocycles. The van der Waals surface area contributed by atoms with Crippen LogP contribution in [0.25, 0.3) is 0 Å². The van der Waals surface area contributed by atoms with Crippen molar-refractivity contribution in [1.29, 1.82) is 0 Å². The van der Waals surface area contributed by atoms with Crippen LogP contribution >= 0.6 is 0 Å². The molecule has 0 fully saturated rings. The molecule has 0 radical (unpaired) electrons. The lowest BCUT2D eigenvalue weighted by molar-refractivity contribution is 0.402. The van der Waals surface area contributed by atoms with Crippen LogP contribution in [0.5, 0.6) is 11.5 Å². The van der Waals surface area contributed by atoms with Crippen LogP contribution < -0.4 is 4.74 Å². The average Bonchev–Trinajstić information content (AvgIpc) is 2.56. The summed E-state index contributed by atoms with van der Waals surface area (Å²) < 4.78 is 5.83. The zero-order chi connectivity index (χ0) is 20.0. The lowest BCUT2D eigenvalue weighted by Gasteiger charge is -2.26. The van der Waals surface area contributed by atoms with Crippen molar-refractivity contribution in [2.45, 2.75) is 78.1 Å². The lowest BCUT2D eigenvalue weighted by Crippen LogP contribution is -2.15. The van der Waals surface area contributed by atoms with E-state index in [-0.39, 0.29) is 10.8 Å². The molecule has 0 aliphatic heterocycles. The number of phenols is 1. The number of rotatable bonds is 1. The highest BCUT2D eigenvalue weighted by molar-refractivity contribution is 5.51. The van der Waals surface area contributed by atoms with E-state index in [2.05, 4.69) is 65.8 Å². The summed E-state index contributed by atoms with van der Waals surface area (Å²) in [5.74, 6) is 1.52. The van der Waals surface area contributed by atoms with Crippen LogP contribution in [0.3, 0.4) is 0 Å². The third-order valence-electron chi connectivity index (χ3n) is 5.77. The zero-order valence-electron chi connectivity index (χ0n) is 18.0. The molecule has 0 aromatic heterocycles. The van der Waals surface area contributed by atoms with Crippen molar-refractivity contribution >= 4 is 0 Å². The first-order valence-electron chi connectivity index (χ1n) is 10.1. The molecule has 0 saturated heterocycles. The van der Waals surface area contributed by atoms with Crippen LogP contribution in [-0.4, -0.2) is 12.2 Å². The lowest BCUT2D eigenvalue weighted by atomic mass is 9.80. The van der Waals surface area contributed by atoms with Gasteiger partial charge < -0.3 is 9.84 Å². The summed E-state index contributed by atoms with van der Waals surface area (Å²) in [7, 11) is 1.78. The summed E-state index contributed by atoms with van der Waals surface area (Å²) in [5, 5.41) is 10.8. The van der Waals surface area contributed by atoms with E-state index in [4.69, 9.17) is 4.74 Å². The van der Waals surface area contributed by atoms with Gasteiger partial charge in [0.05, 0.1) is 7.11 Å². The van der Waals surface area contributed by atoms with Crippen molar-refractivity contribution in [3.8, 4) is 11.5 Å². The van der Waals surface area contributed by atoms with Crippen LogP contribution in [0, 0.1) is 0 Å². The van der Waals surface area contributed by atoms with E-state index >= 15 is 0 Å². The smallest absolute Gasteiger partial charge is 0.125 e. The van der Waals surface area contributed by atoms with Crippen molar-refractivity contribution in [1.82, 2.24) is 0 Å². The molecule has 4 bridgehead atoms. The maximum atomic E-state index is 10.8. The molecule has 146 valence electrons. The van der Waals surface area contributed by atoms with E-state index in [0.29, 0.717) is 5.75 Å². The summed E-state index contributed by atoms with van der Waals surface area (Å²) >= 11 is 0. The minimum Gasteiger partial charge on any atom is -0.507 e. The van der Waals surface area contributed by atoms with E-state index in [1.807, 2.05) is 0 Å². The number of phenolic OH excluding ortho intramolecular Hbond substituents is 1. The molecule has 3 rings (SSSR count). The number of fused-ring (bicyclic) bond motifs is 4. The molecule has 0 spiro atoms. The second-order valence-corrected chi connectivity index (χ2v) is 9.97. The number of aromatic hydroxyl groups is 1. The first-order chi connectivity index (χ1) is 12.5. The quantitative estimate of drug-likeness (QED) is 0.683. The minimum absolute atomic E-state index is 0.0761. The Kier molecular flexibility index (Phi) is 5.05. The highest BCUT2D eigenvalue weighted by Crippen LogP contribution is 2.38. The van der Waals surface area contributed by atoms with Crippen molar-refractivity contribution in [3.63, 3.8) is 0 Å². The monoisotopic (exact) mass is 366 g/mol. The van der Waals surface area contributed by atoms with Gasteiger partial charge in [0, 0.05) is 0 Å². The predicted molar refractivity (Wildman–Crippen MR) is 113 cm³/mol. The normalized spacial score (nSPS) is 14.8. The maximum absolute atomic E-state index is 10.8. The number of hydrogen-bond donors (Lipinski definition) is 1. The fourth-order valence-electron chi connectivity index (χ4n) is 3.93. The molecule has 1 aliphatic rings.